The van der Waals surface area contributed by atoms with Crippen LogP contribution in [0.1, 0.15) is 38.5 Å². The van der Waals surface area contributed by atoms with Crippen LogP contribution in [0.15, 0.2) is 24.3 Å². The van der Waals surface area contributed by atoms with E-state index < -0.39 is 0 Å². The van der Waals surface area contributed by atoms with E-state index in [1.165, 1.54) is 12.8 Å². The van der Waals surface area contributed by atoms with Crippen LogP contribution in [0.3, 0.4) is 0 Å². The molecule has 2 fully saturated rings. The Labute approximate surface area is 153 Å². The molecule has 0 unspecified atom stereocenters. The van der Waals surface area contributed by atoms with Crippen molar-refractivity contribution in [2.45, 2.75) is 44.6 Å². The van der Waals surface area contributed by atoms with Gasteiger partial charge in [-0.1, -0.05) is 36.6 Å². The Morgan fingerprint density at radius 1 is 1.24 bits per heavy atom. The highest BCUT2D eigenvalue weighted by Gasteiger charge is 2.34. The van der Waals surface area contributed by atoms with Crippen molar-refractivity contribution in [3.05, 3.63) is 29.3 Å². The van der Waals surface area contributed by atoms with Crippen LogP contribution in [-0.4, -0.2) is 42.5 Å². The second kappa shape index (κ2) is 8.56. The number of para-hydroxylation sites is 1. The zero-order valence-corrected chi connectivity index (χ0v) is 15.1. The van der Waals surface area contributed by atoms with Gasteiger partial charge in [0.25, 0.3) is 0 Å². The molecular formula is C19H25ClN2O3. The number of hydrogen-bond donors (Lipinski definition) is 1. The van der Waals surface area contributed by atoms with Gasteiger partial charge in [-0.25, -0.2) is 0 Å². The first-order valence-electron chi connectivity index (χ1n) is 9.09. The van der Waals surface area contributed by atoms with E-state index in [1.807, 2.05) is 17.0 Å². The van der Waals surface area contributed by atoms with Gasteiger partial charge in [-0.05, 0) is 31.4 Å². The first-order chi connectivity index (χ1) is 12.1. The second-order valence-corrected chi connectivity index (χ2v) is 7.20. The van der Waals surface area contributed by atoms with Gasteiger partial charge in [-0.2, -0.15) is 0 Å². The van der Waals surface area contributed by atoms with E-state index in [9.17, 15) is 9.59 Å². The number of carbonyl (C=O) groups excluding carboxylic acids is 2. The summed E-state index contributed by atoms with van der Waals surface area (Å²) in [6, 6.07) is 7.61. The van der Waals surface area contributed by atoms with Crippen molar-refractivity contribution in [1.82, 2.24) is 10.2 Å². The summed E-state index contributed by atoms with van der Waals surface area (Å²) < 4.78 is 5.58. The van der Waals surface area contributed by atoms with E-state index in [2.05, 4.69) is 5.32 Å². The number of halogens is 1. The molecule has 0 radical (unpaired) electrons. The topological polar surface area (TPSA) is 58.6 Å². The molecule has 3 rings (SSSR count). The SMILES string of the molecule is O=C(NCCOc1ccccc1Cl)[C@@H]1CCC(=O)N(C2CCCC2)C1. The van der Waals surface area contributed by atoms with Gasteiger partial charge in [0.05, 0.1) is 17.5 Å². The van der Waals surface area contributed by atoms with Crippen LogP contribution in [0, 0.1) is 5.92 Å². The highest BCUT2D eigenvalue weighted by Crippen LogP contribution is 2.28. The molecule has 2 aliphatic rings. The normalized spacial score (nSPS) is 21.4. The van der Waals surface area contributed by atoms with Crippen molar-refractivity contribution in [2.24, 2.45) is 5.92 Å². The van der Waals surface area contributed by atoms with E-state index in [4.69, 9.17) is 16.3 Å². The Bertz CT molecular complexity index is 616. The Balaban J connectivity index is 1.43. The van der Waals surface area contributed by atoms with Crippen LogP contribution in [-0.2, 0) is 9.59 Å². The molecule has 1 aliphatic carbocycles. The molecular weight excluding hydrogens is 340 g/mol. The van der Waals surface area contributed by atoms with Gasteiger partial charge in [-0.3, -0.25) is 9.59 Å². The number of carbonyl (C=O) groups is 2. The average molecular weight is 365 g/mol. The fraction of sp³-hybridized carbons (Fsp3) is 0.579. The molecule has 1 atom stereocenters. The first kappa shape index (κ1) is 18.1. The van der Waals surface area contributed by atoms with Gasteiger partial charge >= 0.3 is 0 Å². The number of ether oxygens (including phenoxy) is 1. The Morgan fingerprint density at radius 3 is 2.76 bits per heavy atom. The zero-order valence-electron chi connectivity index (χ0n) is 14.4. The lowest BCUT2D eigenvalue weighted by Crippen LogP contribution is -2.49. The molecule has 1 aromatic rings. The molecule has 0 spiro atoms. The van der Waals surface area contributed by atoms with Gasteiger partial charge in [0.1, 0.15) is 12.4 Å². The summed E-state index contributed by atoms with van der Waals surface area (Å²) in [5.41, 5.74) is 0. The fourth-order valence-electron chi connectivity index (χ4n) is 3.70. The number of nitrogens with zero attached hydrogens (tertiary/aromatic N) is 1. The first-order valence-corrected chi connectivity index (χ1v) is 9.47. The van der Waals surface area contributed by atoms with Crippen LogP contribution < -0.4 is 10.1 Å². The lowest BCUT2D eigenvalue weighted by molar-refractivity contribution is -0.140. The summed E-state index contributed by atoms with van der Waals surface area (Å²) in [6.07, 6.45) is 5.64. The van der Waals surface area contributed by atoms with Crippen molar-refractivity contribution < 1.29 is 14.3 Å². The Morgan fingerprint density at radius 2 is 2.00 bits per heavy atom. The highest BCUT2D eigenvalue weighted by atomic mass is 35.5. The van der Waals surface area contributed by atoms with Crippen molar-refractivity contribution in [3.8, 4) is 5.75 Å². The summed E-state index contributed by atoms with van der Waals surface area (Å²) >= 11 is 6.03. The quantitative estimate of drug-likeness (QED) is 0.789. The van der Waals surface area contributed by atoms with Gasteiger partial charge in [0, 0.05) is 19.0 Å². The summed E-state index contributed by atoms with van der Waals surface area (Å²) in [5.74, 6) is 0.726. The van der Waals surface area contributed by atoms with E-state index >= 15 is 0 Å². The molecule has 1 aromatic carbocycles. The molecule has 5 nitrogen and oxygen atoms in total. The van der Waals surface area contributed by atoms with E-state index in [0.29, 0.717) is 49.4 Å². The van der Waals surface area contributed by atoms with Crippen molar-refractivity contribution >= 4 is 23.4 Å². The maximum Gasteiger partial charge on any atom is 0.225 e. The van der Waals surface area contributed by atoms with Crippen molar-refractivity contribution in [2.75, 3.05) is 19.7 Å². The third kappa shape index (κ3) is 4.66. The number of amides is 2. The van der Waals surface area contributed by atoms with Crippen molar-refractivity contribution in [1.29, 1.82) is 0 Å². The third-order valence-electron chi connectivity index (χ3n) is 5.08. The van der Waals surface area contributed by atoms with Gasteiger partial charge in [0.15, 0.2) is 0 Å². The van der Waals surface area contributed by atoms with Gasteiger partial charge in [-0.15, -0.1) is 0 Å². The number of hydrogen-bond acceptors (Lipinski definition) is 3. The molecule has 136 valence electrons. The average Bonchev–Trinajstić information content (AvgIpc) is 3.14. The third-order valence-corrected chi connectivity index (χ3v) is 5.39. The largest absolute Gasteiger partial charge is 0.490 e. The van der Waals surface area contributed by atoms with Gasteiger partial charge < -0.3 is 15.0 Å². The molecule has 1 aliphatic heterocycles. The number of piperidine rings is 1. The zero-order chi connectivity index (χ0) is 17.6. The predicted molar refractivity (Wildman–Crippen MR) is 96.6 cm³/mol. The van der Waals surface area contributed by atoms with Crippen LogP contribution in [0.2, 0.25) is 5.02 Å². The standard InChI is InChI=1S/C19H25ClN2O3/c20-16-7-3-4-8-17(16)25-12-11-21-19(24)14-9-10-18(23)22(13-14)15-5-1-2-6-15/h3-4,7-8,14-15H,1-2,5-6,9-13H2,(H,21,24)/t14-/m1/s1. The van der Waals surface area contributed by atoms with Crippen LogP contribution in [0.4, 0.5) is 0 Å². The minimum absolute atomic E-state index is 0.0123. The Hall–Kier alpha value is -1.75. The van der Waals surface area contributed by atoms with E-state index in [1.54, 1.807) is 12.1 Å². The monoisotopic (exact) mass is 364 g/mol. The number of nitrogens with one attached hydrogen (secondary N) is 1. The number of likely N-dealkylation sites (tertiary alicyclic amines) is 1. The summed E-state index contributed by atoms with van der Waals surface area (Å²) in [7, 11) is 0. The van der Waals surface area contributed by atoms with Crippen LogP contribution in [0.5, 0.6) is 5.75 Å². The van der Waals surface area contributed by atoms with Crippen molar-refractivity contribution in [3.63, 3.8) is 0 Å². The summed E-state index contributed by atoms with van der Waals surface area (Å²) in [5, 5.41) is 3.48. The fourth-order valence-corrected chi connectivity index (χ4v) is 3.89. The molecule has 1 saturated carbocycles. The highest BCUT2D eigenvalue weighted by molar-refractivity contribution is 6.32. The maximum atomic E-state index is 12.4. The number of rotatable bonds is 6. The van der Waals surface area contributed by atoms with Crippen LogP contribution in [0.25, 0.3) is 0 Å². The minimum Gasteiger partial charge on any atom is -0.490 e. The second-order valence-electron chi connectivity index (χ2n) is 6.79. The van der Waals surface area contributed by atoms with E-state index in [-0.39, 0.29) is 17.7 Å². The van der Waals surface area contributed by atoms with Gasteiger partial charge in [0.2, 0.25) is 11.8 Å². The Kier molecular flexibility index (Phi) is 6.19. The molecule has 0 bridgehead atoms. The molecule has 1 heterocycles. The van der Waals surface area contributed by atoms with Crippen LogP contribution >= 0.6 is 11.6 Å². The lowest BCUT2D eigenvalue weighted by Gasteiger charge is -2.36. The molecule has 25 heavy (non-hydrogen) atoms. The predicted octanol–water partition coefficient (Wildman–Crippen LogP) is 3.02. The maximum absolute atomic E-state index is 12.4. The smallest absolute Gasteiger partial charge is 0.225 e. The lowest BCUT2D eigenvalue weighted by atomic mass is 9.95. The minimum atomic E-state index is -0.112. The number of benzene rings is 1. The molecule has 0 aromatic heterocycles. The summed E-state index contributed by atoms with van der Waals surface area (Å²) in [4.78, 5) is 26.5. The summed E-state index contributed by atoms with van der Waals surface area (Å²) in [6.45, 7) is 1.35. The molecule has 6 heteroatoms. The molecule has 1 saturated heterocycles. The molecule has 2 amide bonds. The molecule has 1 N–H and O–H groups in total. The van der Waals surface area contributed by atoms with E-state index in [0.717, 1.165) is 12.8 Å².